The molecule has 0 amide bonds. The zero-order chi connectivity index (χ0) is 16.7. The van der Waals surface area contributed by atoms with E-state index in [1.807, 2.05) is 18.2 Å². The zero-order valence-corrected chi connectivity index (χ0v) is 14.5. The quantitative estimate of drug-likeness (QED) is 0.482. The van der Waals surface area contributed by atoms with Crippen molar-refractivity contribution in [3.8, 4) is 5.75 Å². The molecular formula is C17H18ClN3OS. The number of methoxy groups -OCH3 is 1. The average molecular weight is 348 g/mol. The van der Waals surface area contributed by atoms with E-state index in [1.54, 1.807) is 31.5 Å². The van der Waals surface area contributed by atoms with Gasteiger partial charge in [-0.15, -0.1) is 0 Å². The van der Waals surface area contributed by atoms with Crippen molar-refractivity contribution in [3.63, 3.8) is 0 Å². The van der Waals surface area contributed by atoms with Gasteiger partial charge in [-0.2, -0.15) is 5.10 Å². The normalized spacial score (nSPS) is 10.6. The van der Waals surface area contributed by atoms with Crippen molar-refractivity contribution in [1.29, 1.82) is 0 Å². The molecule has 2 aromatic rings. The van der Waals surface area contributed by atoms with Gasteiger partial charge >= 0.3 is 0 Å². The van der Waals surface area contributed by atoms with Crippen molar-refractivity contribution < 1.29 is 4.74 Å². The van der Waals surface area contributed by atoms with Crippen LogP contribution in [0.4, 0.5) is 5.69 Å². The van der Waals surface area contributed by atoms with E-state index in [-0.39, 0.29) is 0 Å². The molecule has 0 saturated carbocycles. The summed E-state index contributed by atoms with van der Waals surface area (Å²) in [5.74, 6) is 0.652. The number of anilines is 1. The van der Waals surface area contributed by atoms with Crippen molar-refractivity contribution >= 4 is 40.8 Å². The molecule has 6 heteroatoms. The van der Waals surface area contributed by atoms with Crippen LogP contribution in [-0.2, 0) is 6.42 Å². The molecule has 0 radical (unpaired) electrons. The van der Waals surface area contributed by atoms with E-state index < -0.39 is 0 Å². The minimum absolute atomic E-state index is 0.357. The first kappa shape index (κ1) is 17.2. The van der Waals surface area contributed by atoms with Crippen LogP contribution in [0, 0.1) is 0 Å². The van der Waals surface area contributed by atoms with Gasteiger partial charge in [-0.25, -0.2) is 0 Å². The summed E-state index contributed by atoms with van der Waals surface area (Å²) in [7, 11) is 1.59. The number of thiocarbonyl (C=S) groups is 1. The molecular weight excluding hydrogens is 330 g/mol. The van der Waals surface area contributed by atoms with Gasteiger partial charge in [0.25, 0.3) is 0 Å². The highest BCUT2D eigenvalue weighted by Crippen LogP contribution is 2.27. The predicted molar refractivity (Wildman–Crippen MR) is 101 cm³/mol. The van der Waals surface area contributed by atoms with Crippen LogP contribution in [0.5, 0.6) is 5.75 Å². The second kappa shape index (κ2) is 8.50. The highest BCUT2D eigenvalue weighted by molar-refractivity contribution is 7.80. The van der Waals surface area contributed by atoms with Crippen molar-refractivity contribution in [1.82, 2.24) is 5.43 Å². The van der Waals surface area contributed by atoms with Gasteiger partial charge in [0.05, 0.1) is 19.0 Å². The lowest BCUT2D eigenvalue weighted by molar-refractivity contribution is 0.417. The van der Waals surface area contributed by atoms with Crippen LogP contribution < -0.4 is 15.5 Å². The molecule has 0 aliphatic carbocycles. The Kier molecular flexibility index (Phi) is 6.38. The Morgan fingerprint density at radius 3 is 2.83 bits per heavy atom. The summed E-state index contributed by atoms with van der Waals surface area (Å²) >= 11 is 11.2. The summed E-state index contributed by atoms with van der Waals surface area (Å²) < 4.78 is 5.26. The number of hydrazone groups is 1. The predicted octanol–water partition coefficient (Wildman–Crippen LogP) is 4.23. The third-order valence-electron chi connectivity index (χ3n) is 3.22. The maximum absolute atomic E-state index is 5.99. The minimum Gasteiger partial charge on any atom is -0.495 e. The highest BCUT2D eigenvalue weighted by Gasteiger charge is 2.05. The number of aryl methyl sites for hydroxylation is 1. The maximum Gasteiger partial charge on any atom is 0.191 e. The first-order chi connectivity index (χ1) is 11.1. The van der Waals surface area contributed by atoms with Gasteiger partial charge in [0.2, 0.25) is 0 Å². The van der Waals surface area contributed by atoms with Crippen LogP contribution in [0.25, 0.3) is 0 Å². The van der Waals surface area contributed by atoms with Gasteiger partial charge < -0.3 is 10.1 Å². The summed E-state index contributed by atoms with van der Waals surface area (Å²) in [5.41, 5.74) is 5.77. The number of nitrogens with one attached hydrogen (secondary N) is 2. The third-order valence-corrected chi connectivity index (χ3v) is 3.64. The van der Waals surface area contributed by atoms with E-state index >= 15 is 0 Å². The van der Waals surface area contributed by atoms with E-state index in [1.165, 1.54) is 5.56 Å². The molecule has 0 aliphatic rings. The van der Waals surface area contributed by atoms with Crippen LogP contribution in [0.2, 0.25) is 5.02 Å². The van der Waals surface area contributed by atoms with E-state index in [0.29, 0.717) is 21.6 Å². The molecule has 2 aromatic carbocycles. The largest absolute Gasteiger partial charge is 0.495 e. The molecule has 0 heterocycles. The molecule has 0 fully saturated rings. The standard InChI is InChI=1S/C17H18ClN3OS/c1-3-12-6-4-5-7-13(12)11-19-21-17(23)20-15-10-14(18)8-9-16(15)22-2/h4-11H,3H2,1-2H3,(H2,20,21,23)/b19-11+. The molecule has 0 aromatic heterocycles. The van der Waals surface area contributed by atoms with Gasteiger partial charge in [0, 0.05) is 5.02 Å². The van der Waals surface area contributed by atoms with Crippen molar-refractivity contribution in [2.24, 2.45) is 5.10 Å². The average Bonchev–Trinajstić information content (AvgIpc) is 2.55. The number of rotatable bonds is 5. The lowest BCUT2D eigenvalue weighted by Gasteiger charge is -2.11. The molecule has 23 heavy (non-hydrogen) atoms. The fourth-order valence-electron chi connectivity index (χ4n) is 2.07. The van der Waals surface area contributed by atoms with Crippen LogP contribution in [0.15, 0.2) is 47.6 Å². The van der Waals surface area contributed by atoms with Crippen LogP contribution in [0.1, 0.15) is 18.1 Å². The van der Waals surface area contributed by atoms with E-state index in [0.717, 1.165) is 12.0 Å². The Hall–Kier alpha value is -2.11. The van der Waals surface area contributed by atoms with E-state index in [4.69, 9.17) is 28.6 Å². The minimum atomic E-state index is 0.357. The SMILES string of the molecule is CCc1ccccc1/C=N/NC(=S)Nc1cc(Cl)ccc1OC. The number of ether oxygens (including phenoxy) is 1. The van der Waals surface area contributed by atoms with Gasteiger partial charge in [-0.3, -0.25) is 5.43 Å². The Labute approximate surface area is 146 Å². The molecule has 0 aliphatic heterocycles. The van der Waals surface area contributed by atoms with Crippen molar-refractivity contribution in [2.75, 3.05) is 12.4 Å². The molecule has 0 bridgehead atoms. The summed E-state index contributed by atoms with van der Waals surface area (Å²) in [6, 6.07) is 13.4. The summed E-state index contributed by atoms with van der Waals surface area (Å²) in [6.45, 7) is 2.11. The third kappa shape index (κ3) is 4.94. The topological polar surface area (TPSA) is 45.7 Å². The Balaban J connectivity index is 2.00. The second-order valence-corrected chi connectivity index (χ2v) is 5.57. The second-order valence-electron chi connectivity index (χ2n) is 4.72. The van der Waals surface area contributed by atoms with Crippen molar-refractivity contribution in [3.05, 3.63) is 58.6 Å². The smallest absolute Gasteiger partial charge is 0.191 e. The number of nitrogens with zero attached hydrogens (tertiary/aromatic N) is 1. The van der Waals surface area contributed by atoms with Crippen LogP contribution >= 0.6 is 23.8 Å². The first-order valence-electron chi connectivity index (χ1n) is 7.15. The number of benzene rings is 2. The molecule has 2 rings (SSSR count). The van der Waals surface area contributed by atoms with Gasteiger partial charge in [-0.1, -0.05) is 42.8 Å². The van der Waals surface area contributed by atoms with Crippen molar-refractivity contribution in [2.45, 2.75) is 13.3 Å². The van der Waals surface area contributed by atoms with Crippen LogP contribution in [-0.4, -0.2) is 18.4 Å². The molecule has 0 unspecified atom stereocenters. The summed E-state index contributed by atoms with van der Waals surface area (Å²) in [4.78, 5) is 0. The monoisotopic (exact) mass is 347 g/mol. The van der Waals surface area contributed by atoms with Crippen LogP contribution in [0.3, 0.4) is 0 Å². The molecule has 2 N–H and O–H groups in total. The summed E-state index contributed by atoms with van der Waals surface area (Å²) in [6.07, 6.45) is 2.70. The summed E-state index contributed by atoms with van der Waals surface area (Å²) in [5, 5.41) is 8.14. The van der Waals surface area contributed by atoms with Gasteiger partial charge in [-0.05, 0) is 48.0 Å². The molecule has 0 spiro atoms. The fourth-order valence-corrected chi connectivity index (χ4v) is 2.41. The Morgan fingerprint density at radius 1 is 1.30 bits per heavy atom. The lowest BCUT2D eigenvalue weighted by atomic mass is 10.1. The Bertz CT molecular complexity index is 719. The van der Waals surface area contributed by atoms with E-state index in [9.17, 15) is 0 Å². The van der Waals surface area contributed by atoms with Gasteiger partial charge in [0.1, 0.15) is 5.75 Å². The molecule has 120 valence electrons. The lowest BCUT2D eigenvalue weighted by Crippen LogP contribution is -2.24. The molecule has 0 saturated heterocycles. The first-order valence-corrected chi connectivity index (χ1v) is 7.94. The number of hydrogen-bond acceptors (Lipinski definition) is 3. The van der Waals surface area contributed by atoms with Gasteiger partial charge in [0.15, 0.2) is 5.11 Å². The zero-order valence-electron chi connectivity index (χ0n) is 13.0. The number of halogens is 1. The highest BCUT2D eigenvalue weighted by atomic mass is 35.5. The number of hydrogen-bond donors (Lipinski definition) is 2. The molecule has 0 atom stereocenters. The maximum atomic E-state index is 5.99. The molecule has 4 nitrogen and oxygen atoms in total. The Morgan fingerprint density at radius 2 is 2.09 bits per heavy atom. The fraction of sp³-hybridized carbons (Fsp3) is 0.176. The van der Waals surface area contributed by atoms with E-state index in [2.05, 4.69) is 28.8 Å².